The average molecular weight is 233 g/mol. The lowest BCUT2D eigenvalue weighted by Crippen LogP contribution is -2.39. The summed E-state index contributed by atoms with van der Waals surface area (Å²) in [7, 11) is 1.78. The van der Waals surface area contributed by atoms with Crippen molar-refractivity contribution in [1.82, 2.24) is 0 Å². The number of methoxy groups -OCH3 is 1. The third-order valence-corrected chi connectivity index (χ3v) is 3.53. The lowest BCUT2D eigenvalue weighted by Gasteiger charge is -2.22. The van der Waals surface area contributed by atoms with Crippen LogP contribution >= 0.6 is 0 Å². The largest absolute Gasteiger partial charge is 0.380 e. The van der Waals surface area contributed by atoms with E-state index in [2.05, 4.69) is 32.0 Å². The summed E-state index contributed by atoms with van der Waals surface area (Å²) >= 11 is 0. The normalized spacial score (nSPS) is 19.1. The van der Waals surface area contributed by atoms with Gasteiger partial charge < -0.3 is 10.5 Å². The van der Waals surface area contributed by atoms with Crippen LogP contribution in [0.15, 0.2) is 18.2 Å². The standard InChI is InChI=1S/C15H23NO/c1-10-6-11(2)8-12(7-10)9-14(16)15(17-3)13-4-5-13/h6-8,13-15H,4-5,9,16H2,1-3H3. The van der Waals surface area contributed by atoms with Gasteiger partial charge in [0.1, 0.15) is 0 Å². The Morgan fingerprint density at radius 1 is 1.24 bits per heavy atom. The molecule has 1 saturated carbocycles. The summed E-state index contributed by atoms with van der Waals surface area (Å²) in [4.78, 5) is 0. The van der Waals surface area contributed by atoms with Gasteiger partial charge in [-0.1, -0.05) is 29.3 Å². The van der Waals surface area contributed by atoms with Crippen LogP contribution in [-0.2, 0) is 11.2 Å². The highest BCUT2D eigenvalue weighted by atomic mass is 16.5. The Kier molecular flexibility index (Phi) is 3.85. The van der Waals surface area contributed by atoms with Crippen LogP contribution in [0, 0.1) is 19.8 Å². The quantitative estimate of drug-likeness (QED) is 0.848. The van der Waals surface area contributed by atoms with Crippen molar-refractivity contribution in [2.45, 2.75) is 45.3 Å². The highest BCUT2D eigenvalue weighted by Gasteiger charge is 2.35. The first-order valence-corrected chi connectivity index (χ1v) is 6.45. The molecule has 0 aliphatic heterocycles. The Hall–Kier alpha value is -0.860. The van der Waals surface area contributed by atoms with Crippen LogP contribution in [0.5, 0.6) is 0 Å². The van der Waals surface area contributed by atoms with Crippen molar-refractivity contribution in [3.8, 4) is 0 Å². The summed E-state index contributed by atoms with van der Waals surface area (Å²) in [6.45, 7) is 4.27. The van der Waals surface area contributed by atoms with Gasteiger partial charge in [-0.05, 0) is 44.6 Å². The van der Waals surface area contributed by atoms with Crippen LogP contribution in [0.2, 0.25) is 0 Å². The fourth-order valence-corrected chi connectivity index (χ4v) is 2.72. The summed E-state index contributed by atoms with van der Waals surface area (Å²) in [6, 6.07) is 6.77. The number of hydrogen-bond acceptors (Lipinski definition) is 2. The number of benzene rings is 1. The van der Waals surface area contributed by atoms with Crippen molar-refractivity contribution in [3.63, 3.8) is 0 Å². The van der Waals surface area contributed by atoms with Gasteiger partial charge in [0.05, 0.1) is 6.10 Å². The van der Waals surface area contributed by atoms with E-state index in [1.807, 2.05) is 0 Å². The molecule has 2 rings (SSSR count). The van der Waals surface area contributed by atoms with Crippen LogP contribution in [0.4, 0.5) is 0 Å². The zero-order chi connectivity index (χ0) is 12.4. The van der Waals surface area contributed by atoms with Gasteiger partial charge in [-0.15, -0.1) is 0 Å². The molecular formula is C15H23NO. The molecule has 0 amide bonds. The van der Waals surface area contributed by atoms with E-state index in [1.165, 1.54) is 29.5 Å². The Labute approximate surface area is 104 Å². The molecule has 0 heterocycles. The first kappa shape index (κ1) is 12.6. The van der Waals surface area contributed by atoms with Crippen molar-refractivity contribution < 1.29 is 4.74 Å². The average Bonchev–Trinajstić information content (AvgIpc) is 3.01. The summed E-state index contributed by atoms with van der Waals surface area (Å²) < 4.78 is 5.54. The molecule has 1 fully saturated rings. The van der Waals surface area contributed by atoms with Gasteiger partial charge in [0.25, 0.3) is 0 Å². The molecule has 17 heavy (non-hydrogen) atoms. The van der Waals surface area contributed by atoms with Crippen molar-refractivity contribution in [3.05, 3.63) is 34.9 Å². The highest BCUT2D eigenvalue weighted by molar-refractivity contribution is 5.29. The minimum absolute atomic E-state index is 0.119. The molecule has 94 valence electrons. The van der Waals surface area contributed by atoms with Gasteiger partial charge >= 0.3 is 0 Å². The van der Waals surface area contributed by atoms with Crippen molar-refractivity contribution in [2.75, 3.05) is 7.11 Å². The summed E-state index contributed by atoms with van der Waals surface area (Å²) in [5.74, 6) is 0.695. The van der Waals surface area contributed by atoms with Gasteiger partial charge in [0.2, 0.25) is 0 Å². The second-order valence-corrected chi connectivity index (χ2v) is 5.40. The van der Waals surface area contributed by atoms with E-state index in [-0.39, 0.29) is 12.1 Å². The molecule has 1 aromatic rings. The lowest BCUT2D eigenvalue weighted by molar-refractivity contribution is 0.0626. The molecule has 0 aromatic heterocycles. The third-order valence-electron chi connectivity index (χ3n) is 3.53. The number of nitrogens with two attached hydrogens (primary N) is 1. The second kappa shape index (κ2) is 5.19. The minimum Gasteiger partial charge on any atom is -0.380 e. The fourth-order valence-electron chi connectivity index (χ4n) is 2.72. The number of hydrogen-bond donors (Lipinski definition) is 1. The van der Waals surface area contributed by atoms with E-state index in [0.717, 1.165) is 6.42 Å². The van der Waals surface area contributed by atoms with Crippen LogP contribution < -0.4 is 5.73 Å². The van der Waals surface area contributed by atoms with E-state index >= 15 is 0 Å². The Balaban J connectivity index is 2.03. The number of ether oxygens (including phenoxy) is 1. The van der Waals surface area contributed by atoms with Gasteiger partial charge in [-0.25, -0.2) is 0 Å². The summed E-state index contributed by atoms with van der Waals surface area (Å²) in [5, 5.41) is 0. The van der Waals surface area contributed by atoms with Crippen LogP contribution in [0.1, 0.15) is 29.5 Å². The maximum absolute atomic E-state index is 6.28. The second-order valence-electron chi connectivity index (χ2n) is 5.40. The molecule has 1 aromatic carbocycles. The molecule has 2 atom stereocenters. The third kappa shape index (κ3) is 3.30. The van der Waals surface area contributed by atoms with Crippen LogP contribution in [0.3, 0.4) is 0 Å². The number of aryl methyl sites for hydroxylation is 2. The first-order chi connectivity index (χ1) is 8.10. The monoisotopic (exact) mass is 233 g/mol. The Morgan fingerprint density at radius 2 is 1.82 bits per heavy atom. The van der Waals surface area contributed by atoms with E-state index in [0.29, 0.717) is 5.92 Å². The Morgan fingerprint density at radius 3 is 2.29 bits per heavy atom. The molecule has 2 unspecified atom stereocenters. The first-order valence-electron chi connectivity index (χ1n) is 6.45. The molecule has 2 heteroatoms. The highest BCUT2D eigenvalue weighted by Crippen LogP contribution is 2.35. The van der Waals surface area contributed by atoms with Crippen LogP contribution in [0.25, 0.3) is 0 Å². The number of rotatable bonds is 5. The predicted molar refractivity (Wildman–Crippen MR) is 71.1 cm³/mol. The van der Waals surface area contributed by atoms with Gasteiger partial charge in [0.15, 0.2) is 0 Å². The molecule has 1 aliphatic carbocycles. The van der Waals surface area contributed by atoms with E-state index < -0.39 is 0 Å². The predicted octanol–water partition coefficient (Wildman–Crippen LogP) is 2.60. The summed E-state index contributed by atoms with van der Waals surface area (Å²) in [5.41, 5.74) is 10.2. The zero-order valence-electron chi connectivity index (χ0n) is 11.1. The lowest BCUT2D eigenvalue weighted by atomic mass is 9.97. The minimum atomic E-state index is 0.119. The van der Waals surface area contributed by atoms with E-state index in [1.54, 1.807) is 7.11 Å². The summed E-state index contributed by atoms with van der Waals surface area (Å²) in [6.07, 6.45) is 3.70. The molecule has 0 bridgehead atoms. The molecule has 0 radical (unpaired) electrons. The topological polar surface area (TPSA) is 35.2 Å². The van der Waals surface area contributed by atoms with Crippen LogP contribution in [-0.4, -0.2) is 19.3 Å². The van der Waals surface area contributed by atoms with Crippen molar-refractivity contribution in [2.24, 2.45) is 11.7 Å². The van der Waals surface area contributed by atoms with E-state index in [4.69, 9.17) is 10.5 Å². The Bertz CT molecular complexity index is 364. The molecule has 2 N–H and O–H groups in total. The van der Waals surface area contributed by atoms with Gasteiger partial charge in [-0.2, -0.15) is 0 Å². The zero-order valence-corrected chi connectivity index (χ0v) is 11.1. The smallest absolute Gasteiger partial charge is 0.0753 e. The molecule has 2 nitrogen and oxygen atoms in total. The molecule has 0 spiro atoms. The molecular weight excluding hydrogens is 210 g/mol. The molecule has 0 saturated heterocycles. The maximum Gasteiger partial charge on any atom is 0.0753 e. The van der Waals surface area contributed by atoms with Crippen molar-refractivity contribution in [1.29, 1.82) is 0 Å². The fraction of sp³-hybridized carbons (Fsp3) is 0.600. The SMILES string of the molecule is COC(C(N)Cc1cc(C)cc(C)c1)C1CC1. The van der Waals surface area contributed by atoms with Gasteiger partial charge in [-0.3, -0.25) is 0 Å². The van der Waals surface area contributed by atoms with Gasteiger partial charge in [0, 0.05) is 13.2 Å². The molecule has 1 aliphatic rings. The van der Waals surface area contributed by atoms with E-state index in [9.17, 15) is 0 Å². The maximum atomic E-state index is 6.28. The van der Waals surface area contributed by atoms with Crippen molar-refractivity contribution >= 4 is 0 Å².